The van der Waals surface area contributed by atoms with Gasteiger partial charge in [-0.15, -0.1) is 0 Å². The number of likely N-dealkylation sites (tertiary alicyclic amines) is 1. The van der Waals surface area contributed by atoms with E-state index in [0.717, 1.165) is 44.8 Å². The van der Waals surface area contributed by atoms with Crippen molar-refractivity contribution in [1.82, 2.24) is 9.62 Å². The van der Waals surface area contributed by atoms with Crippen molar-refractivity contribution in [3.05, 3.63) is 0 Å². The van der Waals surface area contributed by atoms with Gasteiger partial charge in [0.05, 0.1) is 11.9 Å². The Morgan fingerprint density at radius 1 is 1.29 bits per heavy atom. The highest BCUT2D eigenvalue weighted by molar-refractivity contribution is 7.89. The van der Waals surface area contributed by atoms with Crippen molar-refractivity contribution in [3.8, 4) is 0 Å². The summed E-state index contributed by atoms with van der Waals surface area (Å²) in [6.45, 7) is 7.89. The van der Waals surface area contributed by atoms with E-state index in [-0.39, 0.29) is 17.9 Å². The van der Waals surface area contributed by atoms with Crippen molar-refractivity contribution in [3.63, 3.8) is 0 Å². The SMILES string of the molecule is C[C@@H]1CCCN(C[C@H](C)NS(=O)(=O)C[C@H]2CCCCO2)C1. The van der Waals surface area contributed by atoms with Gasteiger partial charge in [0, 0.05) is 25.7 Å². The van der Waals surface area contributed by atoms with Crippen LogP contribution in [0.5, 0.6) is 0 Å². The molecule has 0 radical (unpaired) electrons. The predicted molar refractivity (Wildman–Crippen MR) is 84.8 cm³/mol. The molecule has 6 heteroatoms. The molecule has 0 saturated carbocycles. The van der Waals surface area contributed by atoms with E-state index < -0.39 is 10.0 Å². The van der Waals surface area contributed by atoms with E-state index in [1.807, 2.05) is 6.92 Å². The Morgan fingerprint density at radius 3 is 2.76 bits per heavy atom. The summed E-state index contributed by atoms with van der Waals surface area (Å²) in [6.07, 6.45) is 5.36. The third-order valence-corrected chi connectivity index (χ3v) is 5.91. The largest absolute Gasteiger partial charge is 0.377 e. The smallest absolute Gasteiger partial charge is 0.214 e. The molecule has 0 unspecified atom stereocenters. The highest BCUT2D eigenvalue weighted by atomic mass is 32.2. The van der Waals surface area contributed by atoms with Gasteiger partial charge >= 0.3 is 0 Å². The van der Waals surface area contributed by atoms with Gasteiger partial charge in [0.1, 0.15) is 0 Å². The molecule has 0 spiro atoms. The van der Waals surface area contributed by atoms with Gasteiger partial charge in [0.15, 0.2) is 0 Å². The van der Waals surface area contributed by atoms with Crippen LogP contribution in [0.2, 0.25) is 0 Å². The minimum absolute atomic E-state index is 0.0381. The van der Waals surface area contributed by atoms with Crippen LogP contribution in [-0.4, -0.2) is 57.5 Å². The number of sulfonamides is 1. The topological polar surface area (TPSA) is 58.6 Å². The summed E-state index contributed by atoms with van der Waals surface area (Å²) in [5.41, 5.74) is 0. The van der Waals surface area contributed by atoms with Crippen molar-refractivity contribution in [2.75, 3.05) is 32.0 Å². The van der Waals surface area contributed by atoms with E-state index >= 15 is 0 Å². The maximum absolute atomic E-state index is 12.2. The predicted octanol–water partition coefficient (Wildman–Crippen LogP) is 1.60. The van der Waals surface area contributed by atoms with Crippen LogP contribution in [0.1, 0.15) is 46.0 Å². The summed E-state index contributed by atoms with van der Waals surface area (Å²) in [6, 6.07) is -0.0381. The Hall–Kier alpha value is -0.170. The molecule has 0 aromatic heterocycles. The fraction of sp³-hybridized carbons (Fsp3) is 1.00. The van der Waals surface area contributed by atoms with Crippen molar-refractivity contribution in [2.24, 2.45) is 5.92 Å². The average molecular weight is 318 g/mol. The van der Waals surface area contributed by atoms with Gasteiger partial charge in [-0.2, -0.15) is 0 Å². The molecule has 0 aromatic carbocycles. The molecular weight excluding hydrogens is 288 g/mol. The standard InChI is InChI=1S/C15H30N2O3S/c1-13-6-5-8-17(10-13)11-14(2)16-21(18,19)12-15-7-3-4-9-20-15/h13-16H,3-12H2,1-2H3/t13-,14+,15-/m1/s1. The van der Waals surface area contributed by atoms with Gasteiger partial charge < -0.3 is 9.64 Å². The molecule has 2 aliphatic heterocycles. The number of hydrogen-bond donors (Lipinski definition) is 1. The van der Waals surface area contributed by atoms with E-state index in [1.54, 1.807) is 0 Å². The fourth-order valence-corrected chi connectivity index (χ4v) is 4.95. The monoisotopic (exact) mass is 318 g/mol. The maximum Gasteiger partial charge on any atom is 0.214 e. The minimum Gasteiger partial charge on any atom is -0.377 e. The van der Waals surface area contributed by atoms with Crippen LogP contribution in [-0.2, 0) is 14.8 Å². The molecule has 21 heavy (non-hydrogen) atoms. The number of nitrogens with one attached hydrogen (secondary N) is 1. The number of rotatable bonds is 6. The highest BCUT2D eigenvalue weighted by Crippen LogP contribution is 2.16. The fourth-order valence-electron chi connectivity index (χ4n) is 3.42. The van der Waals surface area contributed by atoms with Gasteiger partial charge in [-0.3, -0.25) is 0 Å². The molecule has 0 bridgehead atoms. The first-order chi connectivity index (χ1) is 9.94. The summed E-state index contributed by atoms with van der Waals surface area (Å²) in [5.74, 6) is 0.825. The van der Waals surface area contributed by atoms with E-state index in [0.29, 0.717) is 6.61 Å². The summed E-state index contributed by atoms with van der Waals surface area (Å²) < 4.78 is 32.8. The van der Waals surface area contributed by atoms with E-state index in [2.05, 4.69) is 16.5 Å². The summed E-state index contributed by atoms with van der Waals surface area (Å²) in [4.78, 5) is 2.37. The maximum atomic E-state index is 12.2. The Labute approximate surface area is 129 Å². The lowest BCUT2D eigenvalue weighted by molar-refractivity contribution is 0.0303. The van der Waals surface area contributed by atoms with Crippen LogP contribution in [0, 0.1) is 5.92 Å². The highest BCUT2D eigenvalue weighted by Gasteiger charge is 2.25. The second-order valence-corrected chi connectivity index (χ2v) is 8.59. The molecule has 2 saturated heterocycles. The molecule has 2 fully saturated rings. The van der Waals surface area contributed by atoms with Gasteiger partial charge in [-0.05, 0) is 51.5 Å². The first-order valence-electron chi connectivity index (χ1n) is 8.28. The van der Waals surface area contributed by atoms with Gasteiger partial charge in [0.2, 0.25) is 10.0 Å². The summed E-state index contributed by atoms with van der Waals surface area (Å²) in [5, 5.41) is 0. The van der Waals surface area contributed by atoms with Gasteiger partial charge in [0.25, 0.3) is 0 Å². The number of hydrogen-bond acceptors (Lipinski definition) is 4. The molecule has 2 rings (SSSR count). The lowest BCUT2D eigenvalue weighted by atomic mass is 10.00. The number of piperidine rings is 1. The molecule has 0 amide bonds. The van der Waals surface area contributed by atoms with Gasteiger partial charge in [-0.1, -0.05) is 6.92 Å². The molecule has 5 nitrogen and oxygen atoms in total. The van der Waals surface area contributed by atoms with Crippen LogP contribution in [0.25, 0.3) is 0 Å². The Bertz CT molecular complexity index is 407. The molecule has 124 valence electrons. The third kappa shape index (κ3) is 6.22. The minimum atomic E-state index is -3.25. The molecule has 1 N–H and O–H groups in total. The molecule has 2 aliphatic rings. The van der Waals surface area contributed by atoms with Crippen LogP contribution >= 0.6 is 0 Å². The number of nitrogens with zero attached hydrogens (tertiary/aromatic N) is 1. The Balaban J connectivity index is 1.75. The van der Waals surface area contributed by atoms with Crippen LogP contribution < -0.4 is 4.72 Å². The summed E-state index contributed by atoms with van der Waals surface area (Å²) >= 11 is 0. The lowest BCUT2D eigenvalue weighted by Gasteiger charge is -2.33. The van der Waals surface area contributed by atoms with Crippen molar-refractivity contribution < 1.29 is 13.2 Å². The first-order valence-corrected chi connectivity index (χ1v) is 9.94. The molecular formula is C15H30N2O3S. The summed E-state index contributed by atoms with van der Waals surface area (Å²) in [7, 11) is -3.25. The average Bonchev–Trinajstić information content (AvgIpc) is 2.38. The quantitative estimate of drug-likeness (QED) is 0.808. The molecule has 0 aliphatic carbocycles. The molecule has 0 aromatic rings. The second kappa shape index (κ2) is 7.90. The Morgan fingerprint density at radius 2 is 2.10 bits per heavy atom. The van der Waals surface area contributed by atoms with E-state index in [9.17, 15) is 8.42 Å². The lowest BCUT2D eigenvalue weighted by Crippen LogP contribution is -2.46. The van der Waals surface area contributed by atoms with Crippen LogP contribution in [0.15, 0.2) is 0 Å². The Kier molecular flexibility index (Phi) is 6.47. The van der Waals surface area contributed by atoms with Gasteiger partial charge in [-0.25, -0.2) is 13.1 Å². The van der Waals surface area contributed by atoms with Crippen LogP contribution in [0.3, 0.4) is 0 Å². The number of ether oxygens (including phenoxy) is 1. The first kappa shape index (κ1) is 17.2. The molecule has 2 heterocycles. The van der Waals surface area contributed by atoms with Crippen LogP contribution in [0.4, 0.5) is 0 Å². The zero-order chi connectivity index (χ0) is 15.3. The van der Waals surface area contributed by atoms with E-state index in [1.165, 1.54) is 12.8 Å². The van der Waals surface area contributed by atoms with Crippen molar-refractivity contribution in [2.45, 2.75) is 58.1 Å². The van der Waals surface area contributed by atoms with E-state index in [4.69, 9.17) is 4.74 Å². The molecule has 3 atom stereocenters. The zero-order valence-electron chi connectivity index (χ0n) is 13.4. The second-order valence-electron chi connectivity index (χ2n) is 6.80. The van der Waals surface area contributed by atoms with Crippen molar-refractivity contribution in [1.29, 1.82) is 0 Å². The zero-order valence-corrected chi connectivity index (χ0v) is 14.2. The normalized spacial score (nSPS) is 30.2. The van der Waals surface area contributed by atoms with Crippen molar-refractivity contribution >= 4 is 10.0 Å². The third-order valence-electron chi connectivity index (χ3n) is 4.33.